The Kier molecular flexibility index (Phi) is 2.28. The van der Waals surface area contributed by atoms with E-state index in [1.807, 2.05) is 13.0 Å². The largest absolute Gasteiger partial charge is 0.393 e. The van der Waals surface area contributed by atoms with E-state index in [0.717, 1.165) is 0 Å². The SMILES string of the molecule is CC1C=CC(N)=C([N+](=O)[O-])C=C1. The second kappa shape index (κ2) is 3.21. The number of hydrogen-bond acceptors (Lipinski definition) is 3. The molecular weight excluding hydrogens is 156 g/mol. The molecule has 1 unspecified atom stereocenters. The van der Waals surface area contributed by atoms with E-state index in [0.29, 0.717) is 0 Å². The summed E-state index contributed by atoms with van der Waals surface area (Å²) in [4.78, 5) is 9.93. The average Bonchev–Trinajstić information content (AvgIpc) is 2.14. The highest BCUT2D eigenvalue weighted by molar-refractivity contribution is 5.30. The molecule has 0 radical (unpaired) electrons. The van der Waals surface area contributed by atoms with Crippen LogP contribution in [0.2, 0.25) is 0 Å². The Balaban J connectivity index is 3.04. The van der Waals surface area contributed by atoms with Crippen molar-refractivity contribution >= 4 is 0 Å². The lowest BCUT2D eigenvalue weighted by atomic mass is 10.2. The second-order valence-electron chi connectivity index (χ2n) is 2.68. The number of nitro groups is 1. The summed E-state index contributed by atoms with van der Waals surface area (Å²) in [5.74, 6) is 0.195. The molecule has 0 aromatic rings. The molecule has 1 aliphatic carbocycles. The first-order valence-corrected chi connectivity index (χ1v) is 3.62. The van der Waals surface area contributed by atoms with Gasteiger partial charge in [0.25, 0.3) is 5.70 Å². The molecular formula is C8H10N2O2. The number of nitrogens with zero attached hydrogens (tertiary/aromatic N) is 1. The first kappa shape index (κ1) is 8.52. The van der Waals surface area contributed by atoms with Gasteiger partial charge in [0.15, 0.2) is 0 Å². The lowest BCUT2D eigenvalue weighted by Gasteiger charge is -1.91. The predicted octanol–water partition coefficient (Wildman–Crippen LogP) is 1.20. The fraction of sp³-hybridized carbons (Fsp3) is 0.250. The smallest absolute Gasteiger partial charge is 0.291 e. The molecule has 1 atom stereocenters. The van der Waals surface area contributed by atoms with Crippen LogP contribution in [0, 0.1) is 16.0 Å². The Bertz CT molecular complexity index is 289. The van der Waals surface area contributed by atoms with Crippen molar-refractivity contribution in [1.29, 1.82) is 0 Å². The summed E-state index contributed by atoms with van der Waals surface area (Å²) >= 11 is 0. The highest BCUT2D eigenvalue weighted by atomic mass is 16.6. The molecule has 1 aliphatic rings. The van der Waals surface area contributed by atoms with Gasteiger partial charge in [0.1, 0.15) is 5.70 Å². The first-order chi connectivity index (χ1) is 5.61. The lowest BCUT2D eigenvalue weighted by Crippen LogP contribution is -2.05. The van der Waals surface area contributed by atoms with Crippen molar-refractivity contribution in [2.24, 2.45) is 11.7 Å². The molecule has 0 fully saturated rings. The molecule has 4 heteroatoms. The Morgan fingerprint density at radius 1 is 1.50 bits per heavy atom. The van der Waals surface area contributed by atoms with Crippen LogP contribution in [0.15, 0.2) is 35.7 Å². The normalized spacial score (nSPS) is 22.6. The summed E-state index contributed by atoms with van der Waals surface area (Å²) in [5, 5.41) is 10.4. The maximum absolute atomic E-state index is 10.4. The van der Waals surface area contributed by atoms with E-state index >= 15 is 0 Å². The quantitative estimate of drug-likeness (QED) is 0.470. The van der Waals surface area contributed by atoms with Crippen LogP contribution in [0.4, 0.5) is 0 Å². The van der Waals surface area contributed by atoms with Gasteiger partial charge in [-0.3, -0.25) is 10.1 Å². The van der Waals surface area contributed by atoms with E-state index in [1.165, 1.54) is 6.08 Å². The van der Waals surface area contributed by atoms with Crippen LogP contribution in [0.1, 0.15) is 6.92 Å². The molecule has 0 saturated carbocycles. The summed E-state index contributed by atoms with van der Waals surface area (Å²) in [6, 6.07) is 0. The van der Waals surface area contributed by atoms with Crippen LogP contribution < -0.4 is 5.73 Å². The molecule has 0 heterocycles. The zero-order valence-electron chi connectivity index (χ0n) is 6.73. The summed E-state index contributed by atoms with van der Waals surface area (Å²) in [6.45, 7) is 1.93. The van der Waals surface area contributed by atoms with Crippen molar-refractivity contribution in [2.45, 2.75) is 6.92 Å². The third kappa shape index (κ3) is 1.72. The van der Waals surface area contributed by atoms with E-state index in [-0.39, 0.29) is 17.3 Å². The third-order valence-electron chi connectivity index (χ3n) is 1.63. The van der Waals surface area contributed by atoms with Gasteiger partial charge in [-0.1, -0.05) is 19.1 Å². The van der Waals surface area contributed by atoms with Crippen LogP contribution in [0.5, 0.6) is 0 Å². The summed E-state index contributed by atoms with van der Waals surface area (Å²) in [6.07, 6.45) is 6.58. The van der Waals surface area contributed by atoms with Gasteiger partial charge in [0.2, 0.25) is 0 Å². The van der Waals surface area contributed by atoms with Crippen molar-refractivity contribution in [3.63, 3.8) is 0 Å². The fourth-order valence-electron chi connectivity index (χ4n) is 0.910. The molecule has 2 N–H and O–H groups in total. The van der Waals surface area contributed by atoms with Gasteiger partial charge in [-0.25, -0.2) is 0 Å². The minimum Gasteiger partial charge on any atom is -0.393 e. The molecule has 0 saturated heterocycles. The minimum atomic E-state index is -0.478. The molecule has 0 aromatic heterocycles. The van der Waals surface area contributed by atoms with Crippen LogP contribution in [-0.4, -0.2) is 4.92 Å². The first-order valence-electron chi connectivity index (χ1n) is 3.62. The van der Waals surface area contributed by atoms with E-state index in [9.17, 15) is 10.1 Å². The highest BCUT2D eigenvalue weighted by Gasteiger charge is 2.12. The van der Waals surface area contributed by atoms with Crippen molar-refractivity contribution < 1.29 is 4.92 Å². The minimum absolute atomic E-state index is 0.0319. The predicted molar refractivity (Wildman–Crippen MR) is 45.7 cm³/mol. The number of nitrogens with two attached hydrogens (primary N) is 1. The maximum Gasteiger partial charge on any atom is 0.291 e. The molecule has 1 rings (SSSR count). The molecule has 4 nitrogen and oxygen atoms in total. The van der Waals surface area contributed by atoms with Crippen LogP contribution >= 0.6 is 0 Å². The summed E-state index contributed by atoms with van der Waals surface area (Å²) in [5.41, 5.74) is 5.62. The van der Waals surface area contributed by atoms with E-state index in [2.05, 4.69) is 0 Å². The molecule has 0 bridgehead atoms. The monoisotopic (exact) mass is 166 g/mol. The van der Waals surface area contributed by atoms with Gasteiger partial charge in [0, 0.05) is 6.08 Å². The van der Waals surface area contributed by atoms with Crippen molar-refractivity contribution in [3.05, 3.63) is 45.8 Å². The van der Waals surface area contributed by atoms with Gasteiger partial charge < -0.3 is 5.73 Å². The van der Waals surface area contributed by atoms with Crippen molar-refractivity contribution in [3.8, 4) is 0 Å². The van der Waals surface area contributed by atoms with Crippen molar-refractivity contribution in [2.75, 3.05) is 0 Å². The highest BCUT2D eigenvalue weighted by Crippen LogP contribution is 2.12. The fourth-order valence-corrected chi connectivity index (χ4v) is 0.910. The van der Waals surface area contributed by atoms with Gasteiger partial charge in [-0.05, 0) is 12.0 Å². The molecule has 0 aliphatic heterocycles. The van der Waals surface area contributed by atoms with Gasteiger partial charge in [-0.2, -0.15) is 0 Å². The summed E-state index contributed by atoms with van der Waals surface area (Å²) in [7, 11) is 0. The van der Waals surface area contributed by atoms with Gasteiger partial charge in [0.05, 0.1) is 4.92 Å². The zero-order valence-corrected chi connectivity index (χ0v) is 6.73. The molecule has 0 amide bonds. The zero-order chi connectivity index (χ0) is 9.14. The average molecular weight is 166 g/mol. The van der Waals surface area contributed by atoms with Crippen LogP contribution in [-0.2, 0) is 0 Å². The topological polar surface area (TPSA) is 69.2 Å². The number of allylic oxidation sites excluding steroid dienone is 4. The molecule has 64 valence electrons. The van der Waals surface area contributed by atoms with E-state index in [4.69, 9.17) is 5.73 Å². The molecule has 0 spiro atoms. The van der Waals surface area contributed by atoms with Gasteiger partial charge in [-0.15, -0.1) is 0 Å². The van der Waals surface area contributed by atoms with Crippen LogP contribution in [0.25, 0.3) is 0 Å². The van der Waals surface area contributed by atoms with Gasteiger partial charge >= 0.3 is 0 Å². The summed E-state index contributed by atoms with van der Waals surface area (Å²) < 4.78 is 0. The Hall–Kier alpha value is -1.58. The Labute approximate surface area is 70.2 Å². The third-order valence-corrected chi connectivity index (χ3v) is 1.63. The molecule has 12 heavy (non-hydrogen) atoms. The van der Waals surface area contributed by atoms with E-state index in [1.54, 1.807) is 12.2 Å². The van der Waals surface area contributed by atoms with Crippen LogP contribution in [0.3, 0.4) is 0 Å². The number of hydrogen-bond donors (Lipinski definition) is 1. The lowest BCUT2D eigenvalue weighted by molar-refractivity contribution is -0.420. The maximum atomic E-state index is 10.4. The second-order valence-corrected chi connectivity index (χ2v) is 2.68. The van der Waals surface area contributed by atoms with E-state index < -0.39 is 4.92 Å². The van der Waals surface area contributed by atoms with Crippen molar-refractivity contribution in [1.82, 2.24) is 0 Å². The molecule has 0 aromatic carbocycles. The number of rotatable bonds is 1. The Morgan fingerprint density at radius 2 is 2.08 bits per heavy atom. The standard InChI is InChI=1S/C8H10N2O2/c1-6-2-4-7(9)8(5-3-6)10(11)12/h2-6H,9H2,1H3. The Morgan fingerprint density at radius 3 is 2.67 bits per heavy atom.